The fraction of sp³-hybridized carbons (Fsp3) is 0.308. The van der Waals surface area contributed by atoms with Gasteiger partial charge in [0.05, 0.1) is 23.3 Å². The molecule has 2 aromatic heterocycles. The average Bonchev–Trinajstić information content (AvgIpc) is 2.87. The molecule has 7 heteroatoms. The van der Waals surface area contributed by atoms with Gasteiger partial charge in [-0.15, -0.1) is 0 Å². The van der Waals surface area contributed by atoms with Crippen molar-refractivity contribution in [2.45, 2.75) is 12.2 Å². The van der Waals surface area contributed by atoms with Crippen LogP contribution in [0.3, 0.4) is 0 Å². The van der Waals surface area contributed by atoms with Gasteiger partial charge in [0.2, 0.25) is 5.91 Å². The summed E-state index contributed by atoms with van der Waals surface area (Å²) < 4.78 is 1.61. The van der Waals surface area contributed by atoms with Crippen molar-refractivity contribution >= 4 is 35.0 Å². The van der Waals surface area contributed by atoms with E-state index in [1.807, 2.05) is 25.3 Å². The minimum atomic E-state index is -0.127. The van der Waals surface area contributed by atoms with E-state index < -0.39 is 0 Å². The zero-order valence-electron chi connectivity index (χ0n) is 11.4. The van der Waals surface area contributed by atoms with Gasteiger partial charge in [0.1, 0.15) is 5.69 Å². The Balaban J connectivity index is 2.30. The Labute approximate surface area is 126 Å². The monoisotopic (exact) mass is 310 g/mol. The highest BCUT2D eigenvalue weighted by Gasteiger charge is 2.21. The zero-order chi connectivity index (χ0) is 14.7. The second-order valence-electron chi connectivity index (χ2n) is 4.24. The molecule has 0 bridgehead atoms. The standard InChI is InChI=1S/C13H15ClN4OS/c1-9(20-3)13(19)17(2)11-8-18(16-12(11)14)10-5-4-6-15-7-10/h4-9H,1-3H3. The summed E-state index contributed by atoms with van der Waals surface area (Å²) >= 11 is 7.62. The average molecular weight is 311 g/mol. The van der Waals surface area contributed by atoms with Gasteiger partial charge >= 0.3 is 0 Å². The minimum absolute atomic E-state index is 0.00913. The van der Waals surface area contributed by atoms with E-state index in [1.54, 1.807) is 30.3 Å². The fourth-order valence-electron chi connectivity index (χ4n) is 1.68. The summed E-state index contributed by atoms with van der Waals surface area (Å²) in [6.45, 7) is 1.86. The van der Waals surface area contributed by atoms with Gasteiger partial charge in [0.25, 0.3) is 0 Å². The molecule has 1 amide bonds. The van der Waals surface area contributed by atoms with Gasteiger partial charge in [-0.1, -0.05) is 11.6 Å². The molecule has 0 aliphatic heterocycles. The number of rotatable bonds is 4. The Morgan fingerprint density at radius 1 is 1.55 bits per heavy atom. The van der Waals surface area contributed by atoms with Crippen LogP contribution in [0.2, 0.25) is 5.15 Å². The van der Waals surface area contributed by atoms with Gasteiger partial charge in [-0.25, -0.2) is 4.68 Å². The lowest BCUT2D eigenvalue weighted by molar-refractivity contribution is -0.117. The molecule has 0 aliphatic carbocycles. The molecular formula is C13H15ClN4OS. The summed E-state index contributed by atoms with van der Waals surface area (Å²) in [5.41, 5.74) is 1.38. The maximum Gasteiger partial charge on any atom is 0.239 e. The lowest BCUT2D eigenvalue weighted by Crippen LogP contribution is -2.33. The van der Waals surface area contributed by atoms with Gasteiger partial charge in [0, 0.05) is 13.2 Å². The Morgan fingerprint density at radius 2 is 2.30 bits per heavy atom. The van der Waals surface area contributed by atoms with E-state index in [0.29, 0.717) is 5.69 Å². The Hall–Kier alpha value is -1.53. The van der Waals surface area contributed by atoms with Crippen LogP contribution in [0.1, 0.15) is 6.92 Å². The predicted molar refractivity (Wildman–Crippen MR) is 82.8 cm³/mol. The summed E-state index contributed by atoms with van der Waals surface area (Å²) in [6.07, 6.45) is 6.99. The van der Waals surface area contributed by atoms with E-state index in [-0.39, 0.29) is 16.3 Å². The van der Waals surface area contributed by atoms with Crippen LogP contribution in [0.4, 0.5) is 5.69 Å². The highest BCUT2D eigenvalue weighted by Crippen LogP contribution is 2.26. The molecule has 0 fully saturated rings. The van der Waals surface area contributed by atoms with E-state index in [0.717, 1.165) is 5.69 Å². The number of thioether (sulfide) groups is 1. The van der Waals surface area contributed by atoms with Crippen LogP contribution in [0.25, 0.3) is 5.69 Å². The zero-order valence-corrected chi connectivity index (χ0v) is 13.0. The maximum atomic E-state index is 12.2. The van der Waals surface area contributed by atoms with Crippen LogP contribution in [-0.2, 0) is 4.79 Å². The summed E-state index contributed by atoms with van der Waals surface area (Å²) in [7, 11) is 1.70. The third kappa shape index (κ3) is 2.96. The van der Waals surface area contributed by atoms with Gasteiger partial charge in [-0.2, -0.15) is 16.9 Å². The van der Waals surface area contributed by atoms with E-state index in [4.69, 9.17) is 11.6 Å². The molecule has 5 nitrogen and oxygen atoms in total. The van der Waals surface area contributed by atoms with E-state index >= 15 is 0 Å². The van der Waals surface area contributed by atoms with Crippen molar-refractivity contribution in [3.8, 4) is 5.69 Å². The predicted octanol–water partition coefficient (Wildman–Crippen LogP) is 2.64. The Kier molecular flexibility index (Phi) is 4.67. The molecule has 20 heavy (non-hydrogen) atoms. The number of carbonyl (C=O) groups excluding carboxylic acids is 1. The minimum Gasteiger partial charge on any atom is -0.310 e. The molecule has 0 saturated heterocycles. The first kappa shape index (κ1) is 14.9. The highest BCUT2D eigenvalue weighted by molar-refractivity contribution is 7.99. The fourth-order valence-corrected chi connectivity index (χ4v) is 2.30. The van der Waals surface area contributed by atoms with Crippen LogP contribution in [0.15, 0.2) is 30.7 Å². The largest absolute Gasteiger partial charge is 0.310 e. The molecule has 0 aliphatic rings. The van der Waals surface area contributed by atoms with E-state index in [9.17, 15) is 4.79 Å². The molecular weight excluding hydrogens is 296 g/mol. The first-order chi connectivity index (χ1) is 9.54. The summed E-state index contributed by atoms with van der Waals surface area (Å²) in [4.78, 5) is 17.7. The molecule has 2 rings (SSSR count). The molecule has 1 unspecified atom stereocenters. The molecule has 2 aromatic rings. The quantitative estimate of drug-likeness (QED) is 0.871. The lowest BCUT2D eigenvalue weighted by Gasteiger charge is -2.18. The van der Waals surface area contributed by atoms with Crippen LogP contribution < -0.4 is 4.90 Å². The second-order valence-corrected chi connectivity index (χ2v) is 5.77. The molecule has 0 radical (unpaired) electrons. The van der Waals surface area contributed by atoms with Gasteiger partial charge < -0.3 is 4.90 Å². The summed E-state index contributed by atoms with van der Waals surface area (Å²) in [6, 6.07) is 3.68. The normalized spacial score (nSPS) is 12.2. The Morgan fingerprint density at radius 3 is 2.90 bits per heavy atom. The number of halogens is 1. The molecule has 2 heterocycles. The number of hydrogen-bond acceptors (Lipinski definition) is 4. The van der Waals surface area contributed by atoms with Gasteiger partial charge in [-0.3, -0.25) is 9.78 Å². The number of aromatic nitrogens is 3. The van der Waals surface area contributed by atoms with Crippen molar-refractivity contribution in [3.05, 3.63) is 35.9 Å². The van der Waals surface area contributed by atoms with Crippen LogP contribution >= 0.6 is 23.4 Å². The SMILES string of the molecule is CSC(C)C(=O)N(C)c1cn(-c2cccnc2)nc1Cl. The second kappa shape index (κ2) is 6.28. The Bertz CT molecular complexity index is 602. The lowest BCUT2D eigenvalue weighted by atomic mass is 10.3. The molecule has 0 saturated carbocycles. The van der Waals surface area contributed by atoms with Crippen molar-refractivity contribution in [2.24, 2.45) is 0 Å². The molecule has 0 spiro atoms. The van der Waals surface area contributed by atoms with Crippen LogP contribution in [0, 0.1) is 0 Å². The molecule has 0 aromatic carbocycles. The first-order valence-electron chi connectivity index (χ1n) is 6.00. The first-order valence-corrected chi connectivity index (χ1v) is 7.67. The topological polar surface area (TPSA) is 51.0 Å². The summed E-state index contributed by atoms with van der Waals surface area (Å²) in [5.74, 6) is -0.00913. The third-order valence-corrected chi connectivity index (χ3v) is 4.13. The van der Waals surface area contributed by atoms with E-state index in [2.05, 4.69) is 10.1 Å². The number of amides is 1. The summed E-state index contributed by atoms with van der Waals surface area (Å²) in [5, 5.41) is 4.37. The van der Waals surface area contributed by atoms with Gasteiger partial charge in [-0.05, 0) is 25.3 Å². The van der Waals surface area contributed by atoms with Gasteiger partial charge in [0.15, 0.2) is 5.15 Å². The number of anilines is 1. The number of carbonyl (C=O) groups is 1. The molecule has 106 valence electrons. The smallest absolute Gasteiger partial charge is 0.239 e. The third-order valence-electron chi connectivity index (χ3n) is 2.96. The maximum absolute atomic E-state index is 12.2. The van der Waals surface area contributed by atoms with Crippen LogP contribution in [-0.4, -0.2) is 39.2 Å². The van der Waals surface area contributed by atoms with Crippen molar-refractivity contribution in [2.75, 3.05) is 18.2 Å². The van der Waals surface area contributed by atoms with Crippen molar-refractivity contribution in [1.82, 2.24) is 14.8 Å². The highest BCUT2D eigenvalue weighted by atomic mass is 35.5. The number of nitrogens with zero attached hydrogens (tertiary/aromatic N) is 4. The van der Waals surface area contributed by atoms with Crippen molar-refractivity contribution in [3.63, 3.8) is 0 Å². The molecule has 1 atom stereocenters. The van der Waals surface area contributed by atoms with E-state index in [1.165, 1.54) is 16.7 Å². The van der Waals surface area contributed by atoms with Crippen molar-refractivity contribution < 1.29 is 4.79 Å². The van der Waals surface area contributed by atoms with Crippen LogP contribution in [0.5, 0.6) is 0 Å². The van der Waals surface area contributed by atoms with Crippen molar-refractivity contribution in [1.29, 1.82) is 0 Å². The molecule has 0 N–H and O–H groups in total. The number of hydrogen-bond donors (Lipinski definition) is 0. The number of pyridine rings is 1.